The van der Waals surface area contributed by atoms with Crippen LogP contribution in [0, 0.1) is 17.3 Å². The number of rotatable bonds is 1. The summed E-state index contributed by atoms with van der Waals surface area (Å²) in [7, 11) is 1.66. The van der Waals surface area contributed by atoms with Crippen molar-refractivity contribution in [3.8, 4) is 0 Å². The van der Waals surface area contributed by atoms with E-state index in [1.807, 2.05) is 6.92 Å². The maximum absolute atomic E-state index is 12.0. The van der Waals surface area contributed by atoms with Crippen LogP contribution in [0.25, 0.3) is 0 Å². The van der Waals surface area contributed by atoms with Crippen LogP contribution in [0.4, 0.5) is 0 Å². The molecule has 0 aromatic carbocycles. The van der Waals surface area contributed by atoms with Crippen LogP contribution >= 0.6 is 0 Å². The Balaban J connectivity index is 2.09. The van der Waals surface area contributed by atoms with Crippen LogP contribution in [0.1, 0.15) is 40.0 Å². The van der Waals surface area contributed by atoms with Gasteiger partial charge in [-0.25, -0.2) is 4.79 Å². The smallest absolute Gasteiger partial charge is 0.339 e. The zero-order chi connectivity index (χ0) is 15.6. The van der Waals surface area contributed by atoms with Crippen molar-refractivity contribution < 1.29 is 24.5 Å². The van der Waals surface area contributed by atoms with E-state index >= 15 is 0 Å². The van der Waals surface area contributed by atoms with Crippen molar-refractivity contribution in [3.05, 3.63) is 11.1 Å². The number of carbonyl (C=O) groups excluding carboxylic acids is 1. The predicted octanol–water partition coefficient (Wildman–Crippen LogP) is 1.38. The summed E-state index contributed by atoms with van der Waals surface area (Å²) >= 11 is 0. The Kier molecular flexibility index (Phi) is 3.24. The number of aliphatic hydroxyl groups excluding tert-OH is 2. The average molecular weight is 296 g/mol. The van der Waals surface area contributed by atoms with E-state index in [1.165, 1.54) is 0 Å². The molecule has 1 saturated carbocycles. The van der Waals surface area contributed by atoms with Gasteiger partial charge in [0.05, 0.1) is 17.3 Å². The minimum absolute atomic E-state index is 0.0460. The Hall–Kier alpha value is -0.910. The van der Waals surface area contributed by atoms with E-state index < -0.39 is 24.0 Å². The molecule has 5 heteroatoms. The van der Waals surface area contributed by atoms with Crippen LogP contribution in [0.5, 0.6) is 0 Å². The number of cyclic esters (lactones) is 1. The highest BCUT2D eigenvalue weighted by molar-refractivity contribution is 5.93. The molecule has 0 radical (unpaired) electrons. The van der Waals surface area contributed by atoms with Crippen molar-refractivity contribution in [1.82, 2.24) is 0 Å². The van der Waals surface area contributed by atoms with Crippen LogP contribution in [-0.4, -0.2) is 41.3 Å². The van der Waals surface area contributed by atoms with Crippen LogP contribution in [0.2, 0.25) is 0 Å². The van der Waals surface area contributed by atoms with Crippen LogP contribution in [0.15, 0.2) is 11.1 Å². The Labute approximate surface area is 124 Å². The second-order valence-electron chi connectivity index (χ2n) is 7.68. The van der Waals surface area contributed by atoms with Gasteiger partial charge < -0.3 is 19.7 Å². The topological polar surface area (TPSA) is 76.0 Å². The lowest BCUT2D eigenvalue weighted by molar-refractivity contribution is -0.155. The largest absolute Gasteiger partial charge is 0.428 e. The monoisotopic (exact) mass is 296 g/mol. The van der Waals surface area contributed by atoms with Gasteiger partial charge in [-0.15, -0.1) is 0 Å². The third kappa shape index (κ3) is 2.14. The van der Waals surface area contributed by atoms with Gasteiger partial charge in [-0.1, -0.05) is 13.8 Å². The fourth-order valence-electron chi connectivity index (χ4n) is 4.55. The Morgan fingerprint density at radius 3 is 2.52 bits per heavy atom. The molecule has 1 fully saturated rings. The molecule has 0 saturated heterocycles. The first-order valence-electron chi connectivity index (χ1n) is 7.54. The van der Waals surface area contributed by atoms with Gasteiger partial charge in [0, 0.05) is 19.1 Å². The van der Waals surface area contributed by atoms with Crippen LogP contribution in [0.3, 0.4) is 0 Å². The van der Waals surface area contributed by atoms with Crippen molar-refractivity contribution in [2.45, 2.75) is 58.0 Å². The molecule has 0 aromatic heterocycles. The van der Waals surface area contributed by atoms with E-state index in [9.17, 15) is 15.0 Å². The first-order chi connectivity index (χ1) is 9.68. The molecule has 3 aliphatic rings. The summed E-state index contributed by atoms with van der Waals surface area (Å²) in [5, 5.41) is 20.7. The maximum atomic E-state index is 12.0. The fourth-order valence-corrected chi connectivity index (χ4v) is 4.55. The third-order valence-corrected chi connectivity index (χ3v) is 5.65. The molecule has 21 heavy (non-hydrogen) atoms. The normalized spacial score (nSPS) is 45.1. The highest BCUT2D eigenvalue weighted by Gasteiger charge is 2.56. The molecular formula is C16H24O5. The SMILES string of the molecule is CO[C@@]1(C)CC2=C(C(=O)OC2O)[C@@H](O)[C@@H]2CC(C)(C)C[C@@H]21. The molecule has 0 bridgehead atoms. The summed E-state index contributed by atoms with van der Waals surface area (Å²) in [5.74, 6) is -0.484. The molecule has 3 rings (SSSR count). The van der Waals surface area contributed by atoms with Crippen molar-refractivity contribution in [1.29, 1.82) is 0 Å². The second-order valence-corrected chi connectivity index (χ2v) is 7.68. The van der Waals surface area contributed by atoms with Gasteiger partial charge in [-0.2, -0.15) is 0 Å². The molecule has 118 valence electrons. The van der Waals surface area contributed by atoms with Gasteiger partial charge >= 0.3 is 5.97 Å². The van der Waals surface area contributed by atoms with E-state index in [0.717, 1.165) is 12.8 Å². The first kappa shape index (κ1) is 15.0. The van der Waals surface area contributed by atoms with E-state index in [1.54, 1.807) is 7.11 Å². The van der Waals surface area contributed by atoms with Crippen molar-refractivity contribution in [2.24, 2.45) is 17.3 Å². The standard InChI is InChI=1S/C16H24O5/c1-15(2)5-8-10(7-15)16(3,20-4)6-9-11(12(8)17)14(19)21-13(9)18/h8,10,12-13,17-18H,5-7H2,1-4H3/t8-,10+,12+,13?,16+/m1/s1. The quantitative estimate of drug-likeness (QED) is 0.715. The number of aliphatic hydroxyl groups is 2. The average Bonchev–Trinajstić information content (AvgIpc) is 2.83. The summed E-state index contributed by atoms with van der Waals surface area (Å²) in [4.78, 5) is 12.0. The first-order valence-corrected chi connectivity index (χ1v) is 7.54. The molecule has 0 aromatic rings. The molecule has 0 amide bonds. The van der Waals surface area contributed by atoms with Crippen LogP contribution < -0.4 is 0 Å². The molecule has 2 N–H and O–H groups in total. The van der Waals surface area contributed by atoms with E-state index in [4.69, 9.17) is 9.47 Å². The zero-order valence-electron chi connectivity index (χ0n) is 13.0. The number of carbonyl (C=O) groups is 1. The number of ether oxygens (including phenoxy) is 2. The van der Waals surface area contributed by atoms with Gasteiger partial charge in [0.15, 0.2) is 0 Å². The van der Waals surface area contributed by atoms with Crippen molar-refractivity contribution in [3.63, 3.8) is 0 Å². The molecular weight excluding hydrogens is 272 g/mol. The Morgan fingerprint density at radius 2 is 1.90 bits per heavy atom. The number of hydrogen-bond acceptors (Lipinski definition) is 5. The van der Waals surface area contributed by atoms with E-state index in [0.29, 0.717) is 12.0 Å². The minimum Gasteiger partial charge on any atom is -0.428 e. The highest BCUT2D eigenvalue weighted by Crippen LogP contribution is 2.56. The minimum atomic E-state index is -1.25. The number of methoxy groups -OCH3 is 1. The number of fused-ring (bicyclic) bond motifs is 1. The van der Waals surface area contributed by atoms with Gasteiger partial charge in [0.2, 0.25) is 6.29 Å². The highest BCUT2D eigenvalue weighted by atomic mass is 16.6. The summed E-state index contributed by atoms with van der Waals surface area (Å²) < 4.78 is 10.7. The summed E-state index contributed by atoms with van der Waals surface area (Å²) in [5.41, 5.74) is 0.348. The lowest BCUT2D eigenvalue weighted by Crippen LogP contribution is -2.41. The maximum Gasteiger partial charge on any atom is 0.339 e. The van der Waals surface area contributed by atoms with Gasteiger partial charge in [-0.05, 0) is 37.0 Å². The van der Waals surface area contributed by atoms with Crippen molar-refractivity contribution >= 4 is 5.97 Å². The molecule has 5 nitrogen and oxygen atoms in total. The van der Waals surface area contributed by atoms with Crippen molar-refractivity contribution in [2.75, 3.05) is 7.11 Å². The van der Waals surface area contributed by atoms with Gasteiger partial charge in [-0.3, -0.25) is 0 Å². The summed E-state index contributed by atoms with van der Waals surface area (Å²) in [6, 6.07) is 0. The van der Waals surface area contributed by atoms with Gasteiger partial charge in [0.25, 0.3) is 0 Å². The lowest BCUT2D eigenvalue weighted by Gasteiger charge is -2.38. The molecule has 1 heterocycles. The second kappa shape index (κ2) is 4.54. The fraction of sp³-hybridized carbons (Fsp3) is 0.812. The Morgan fingerprint density at radius 1 is 1.24 bits per heavy atom. The lowest BCUT2D eigenvalue weighted by atomic mass is 9.77. The molecule has 5 atom stereocenters. The molecule has 1 aliphatic heterocycles. The van der Waals surface area contributed by atoms with E-state index in [-0.39, 0.29) is 22.8 Å². The van der Waals surface area contributed by atoms with Crippen LogP contribution in [-0.2, 0) is 14.3 Å². The third-order valence-electron chi connectivity index (χ3n) is 5.65. The summed E-state index contributed by atoms with van der Waals surface area (Å²) in [6.45, 7) is 6.37. The van der Waals surface area contributed by atoms with Gasteiger partial charge in [0.1, 0.15) is 0 Å². The predicted molar refractivity (Wildman–Crippen MR) is 75.2 cm³/mol. The Bertz CT molecular complexity index is 509. The number of esters is 1. The zero-order valence-corrected chi connectivity index (χ0v) is 13.0. The summed E-state index contributed by atoms with van der Waals surface area (Å²) in [6.07, 6.45) is 0.0554. The molecule has 2 aliphatic carbocycles. The number of hydrogen-bond donors (Lipinski definition) is 2. The molecule has 0 spiro atoms. The molecule has 1 unspecified atom stereocenters. The van der Waals surface area contributed by atoms with E-state index in [2.05, 4.69) is 13.8 Å².